The summed E-state index contributed by atoms with van der Waals surface area (Å²) in [5.41, 5.74) is -0.342. The molecule has 8 nitrogen and oxygen atoms in total. The summed E-state index contributed by atoms with van der Waals surface area (Å²) in [6.07, 6.45) is -1.29. The Morgan fingerprint density at radius 1 is 1.20 bits per heavy atom. The number of benzene rings is 1. The summed E-state index contributed by atoms with van der Waals surface area (Å²) in [4.78, 5) is 23.1. The van der Waals surface area contributed by atoms with E-state index in [9.17, 15) is 18.0 Å². The van der Waals surface area contributed by atoms with Gasteiger partial charge < -0.3 is 15.2 Å². The first-order chi connectivity index (χ1) is 11.5. The van der Waals surface area contributed by atoms with Gasteiger partial charge in [0.15, 0.2) is 6.10 Å². The Kier molecular flexibility index (Phi) is 5.50. The zero-order valence-electron chi connectivity index (χ0n) is 14.3. The van der Waals surface area contributed by atoms with E-state index in [1.54, 1.807) is 26.8 Å². The van der Waals surface area contributed by atoms with Crippen molar-refractivity contribution in [1.82, 2.24) is 4.72 Å². The number of carbonyl (C=O) groups excluding carboxylic acids is 1. The van der Waals surface area contributed by atoms with E-state index in [4.69, 9.17) is 9.84 Å². The Morgan fingerprint density at radius 2 is 1.84 bits per heavy atom. The number of amides is 1. The van der Waals surface area contributed by atoms with Crippen LogP contribution in [0.2, 0.25) is 0 Å². The fourth-order valence-corrected chi connectivity index (χ4v) is 3.90. The fraction of sp³-hybridized carbons (Fsp3) is 0.500. The topological polar surface area (TPSA) is 122 Å². The van der Waals surface area contributed by atoms with Gasteiger partial charge in [-0.1, -0.05) is 6.07 Å². The molecule has 1 saturated heterocycles. The Morgan fingerprint density at radius 3 is 2.40 bits per heavy atom. The number of ether oxygens (including phenoxy) is 1. The van der Waals surface area contributed by atoms with E-state index in [0.29, 0.717) is 12.1 Å². The van der Waals surface area contributed by atoms with Gasteiger partial charge in [-0.3, -0.25) is 4.79 Å². The van der Waals surface area contributed by atoms with Gasteiger partial charge in [0.05, 0.1) is 4.90 Å². The quantitative estimate of drug-likeness (QED) is 0.719. The van der Waals surface area contributed by atoms with Crippen molar-refractivity contribution in [2.24, 2.45) is 0 Å². The minimum Gasteiger partial charge on any atom is -0.479 e. The number of anilines is 1. The number of hydrogen-bond acceptors (Lipinski definition) is 5. The van der Waals surface area contributed by atoms with E-state index < -0.39 is 39.6 Å². The Balaban J connectivity index is 2.09. The van der Waals surface area contributed by atoms with Gasteiger partial charge in [-0.15, -0.1) is 0 Å². The normalized spacial score (nSPS) is 21.1. The number of carboxylic acid groups (broad SMARTS) is 1. The predicted octanol–water partition coefficient (Wildman–Crippen LogP) is 1.33. The van der Waals surface area contributed by atoms with Crippen molar-refractivity contribution in [3.05, 3.63) is 24.3 Å². The van der Waals surface area contributed by atoms with E-state index in [-0.39, 0.29) is 11.3 Å². The van der Waals surface area contributed by atoms with Crippen molar-refractivity contribution in [3.63, 3.8) is 0 Å². The molecular formula is C16H22N2O6S. The zero-order valence-corrected chi connectivity index (χ0v) is 15.1. The zero-order chi connectivity index (χ0) is 18.8. The van der Waals surface area contributed by atoms with Crippen LogP contribution < -0.4 is 10.0 Å². The molecule has 1 fully saturated rings. The van der Waals surface area contributed by atoms with Crippen LogP contribution in [0, 0.1) is 0 Å². The van der Waals surface area contributed by atoms with E-state index in [0.717, 1.165) is 0 Å². The monoisotopic (exact) mass is 370 g/mol. The van der Waals surface area contributed by atoms with Crippen molar-refractivity contribution < 1.29 is 27.9 Å². The molecule has 0 radical (unpaired) electrons. The average Bonchev–Trinajstić information content (AvgIpc) is 2.95. The van der Waals surface area contributed by atoms with Gasteiger partial charge in [0.2, 0.25) is 10.0 Å². The summed E-state index contributed by atoms with van der Waals surface area (Å²) in [6.45, 7) is 5.19. The molecule has 1 amide bonds. The Hall–Kier alpha value is -1.97. The third kappa shape index (κ3) is 5.25. The van der Waals surface area contributed by atoms with Crippen LogP contribution in [0.4, 0.5) is 5.69 Å². The van der Waals surface area contributed by atoms with Crippen molar-refractivity contribution in [1.29, 1.82) is 0 Å². The second-order valence-corrected chi connectivity index (χ2v) is 8.58. The highest BCUT2D eigenvalue weighted by molar-refractivity contribution is 7.89. The summed E-state index contributed by atoms with van der Waals surface area (Å²) < 4.78 is 32.4. The number of carbonyl (C=O) groups is 2. The van der Waals surface area contributed by atoms with Crippen LogP contribution in [0.5, 0.6) is 0 Å². The number of hydrogen-bond donors (Lipinski definition) is 3. The molecule has 3 N–H and O–H groups in total. The molecule has 2 atom stereocenters. The molecule has 1 heterocycles. The standard InChI is InChI=1S/C16H22N2O6S/c1-16(2,3)18-25(22,23)11-6-4-5-10(9-11)17-14(19)12-7-8-13(24-12)15(20)21/h4-6,9,12-13,18H,7-8H2,1-3H3,(H,17,19)(H,20,21)/t12-,13+/m0/s1. The summed E-state index contributed by atoms with van der Waals surface area (Å²) >= 11 is 0. The second-order valence-electron chi connectivity index (χ2n) is 6.90. The molecule has 0 aliphatic carbocycles. The molecule has 1 aliphatic heterocycles. The van der Waals surface area contributed by atoms with E-state index in [1.165, 1.54) is 18.2 Å². The van der Waals surface area contributed by atoms with E-state index >= 15 is 0 Å². The lowest BCUT2D eigenvalue weighted by atomic mass is 10.1. The van der Waals surface area contributed by atoms with Crippen molar-refractivity contribution >= 4 is 27.6 Å². The molecule has 0 bridgehead atoms. The molecule has 0 spiro atoms. The molecule has 0 saturated carbocycles. The highest BCUT2D eigenvalue weighted by Gasteiger charge is 2.34. The third-order valence-corrected chi connectivity index (χ3v) is 5.20. The number of rotatable bonds is 5. The van der Waals surface area contributed by atoms with Gasteiger partial charge in [0, 0.05) is 11.2 Å². The molecule has 138 valence electrons. The molecule has 2 rings (SSSR count). The molecule has 9 heteroatoms. The largest absolute Gasteiger partial charge is 0.479 e. The Bertz CT molecular complexity index is 769. The highest BCUT2D eigenvalue weighted by atomic mass is 32.2. The van der Waals surface area contributed by atoms with Crippen LogP contribution in [-0.2, 0) is 24.3 Å². The maximum atomic E-state index is 12.3. The van der Waals surface area contributed by atoms with Crippen LogP contribution in [-0.4, -0.2) is 43.1 Å². The summed E-state index contributed by atoms with van der Waals surface area (Å²) in [5.74, 6) is -1.60. The van der Waals surface area contributed by atoms with Gasteiger partial charge in [0.25, 0.3) is 5.91 Å². The van der Waals surface area contributed by atoms with Crippen LogP contribution >= 0.6 is 0 Å². The molecule has 25 heavy (non-hydrogen) atoms. The Labute approximate surface area is 146 Å². The van der Waals surface area contributed by atoms with E-state index in [1.807, 2.05) is 0 Å². The first-order valence-electron chi connectivity index (χ1n) is 7.81. The lowest BCUT2D eigenvalue weighted by Crippen LogP contribution is -2.40. The first-order valence-corrected chi connectivity index (χ1v) is 9.29. The molecule has 1 aromatic rings. The van der Waals surface area contributed by atoms with Crippen LogP contribution in [0.15, 0.2) is 29.2 Å². The van der Waals surface area contributed by atoms with Gasteiger partial charge in [-0.05, 0) is 51.8 Å². The molecular weight excluding hydrogens is 348 g/mol. The molecule has 0 unspecified atom stereocenters. The summed E-state index contributed by atoms with van der Waals surface area (Å²) in [5, 5.41) is 11.5. The number of sulfonamides is 1. The van der Waals surface area contributed by atoms with Crippen LogP contribution in [0.1, 0.15) is 33.6 Å². The van der Waals surface area contributed by atoms with Crippen molar-refractivity contribution in [2.75, 3.05) is 5.32 Å². The number of nitrogens with one attached hydrogen (secondary N) is 2. The van der Waals surface area contributed by atoms with Crippen molar-refractivity contribution in [3.8, 4) is 0 Å². The first kappa shape index (κ1) is 19.4. The minimum absolute atomic E-state index is 0.0241. The van der Waals surface area contributed by atoms with Gasteiger partial charge >= 0.3 is 5.97 Å². The van der Waals surface area contributed by atoms with Crippen molar-refractivity contribution in [2.45, 2.75) is 56.3 Å². The predicted molar refractivity (Wildman–Crippen MR) is 90.7 cm³/mol. The second kappa shape index (κ2) is 7.11. The number of aliphatic carboxylic acids is 1. The lowest BCUT2D eigenvalue weighted by molar-refractivity contribution is -0.150. The third-order valence-electron chi connectivity index (χ3n) is 3.44. The molecule has 1 aromatic carbocycles. The lowest BCUT2D eigenvalue weighted by Gasteiger charge is -2.20. The minimum atomic E-state index is -3.73. The SMILES string of the molecule is CC(C)(C)NS(=O)(=O)c1cccc(NC(=O)[C@@H]2CC[C@H](C(=O)O)O2)c1. The highest BCUT2D eigenvalue weighted by Crippen LogP contribution is 2.22. The van der Waals surface area contributed by atoms with Crippen LogP contribution in [0.25, 0.3) is 0 Å². The summed E-state index contributed by atoms with van der Waals surface area (Å²) in [7, 11) is -3.73. The molecule has 0 aromatic heterocycles. The van der Waals surface area contributed by atoms with Gasteiger partial charge in [0.1, 0.15) is 6.10 Å². The average molecular weight is 370 g/mol. The fourth-order valence-electron chi connectivity index (χ4n) is 2.44. The summed E-state index contributed by atoms with van der Waals surface area (Å²) in [6, 6.07) is 5.84. The van der Waals surface area contributed by atoms with E-state index in [2.05, 4.69) is 10.0 Å². The van der Waals surface area contributed by atoms with Gasteiger partial charge in [-0.2, -0.15) is 0 Å². The number of carboxylic acids is 1. The maximum Gasteiger partial charge on any atom is 0.332 e. The van der Waals surface area contributed by atoms with Gasteiger partial charge in [-0.25, -0.2) is 17.9 Å². The maximum absolute atomic E-state index is 12.3. The molecule has 1 aliphatic rings. The van der Waals surface area contributed by atoms with Crippen LogP contribution in [0.3, 0.4) is 0 Å². The smallest absolute Gasteiger partial charge is 0.332 e.